The van der Waals surface area contributed by atoms with Crippen molar-refractivity contribution in [1.82, 2.24) is 0 Å². The second-order valence-electron chi connectivity index (χ2n) is 6.74. The summed E-state index contributed by atoms with van der Waals surface area (Å²) < 4.78 is 39.0. The minimum Gasteiger partial charge on any atom is -0.418 e. The maximum Gasteiger partial charge on any atom is 0.673 e. The number of nitrogens with one attached hydrogen (secondary N) is 1. The number of nitrogens with zero attached hydrogens (tertiary/aromatic N) is 1. The number of halogens is 4. The molecule has 4 saturated carbocycles. The fourth-order valence-corrected chi connectivity index (χ4v) is 5.07. The van der Waals surface area contributed by atoms with Crippen LogP contribution in [0.2, 0.25) is 0 Å². The molecular formula is C13H19BF4N2. The van der Waals surface area contributed by atoms with Crippen molar-refractivity contribution < 1.29 is 22.2 Å². The van der Waals surface area contributed by atoms with Crippen LogP contribution in [0.5, 0.6) is 0 Å². The maximum atomic E-state index is 9.75. The van der Waals surface area contributed by atoms with Crippen LogP contribution in [-0.4, -0.2) is 19.1 Å². The van der Waals surface area contributed by atoms with Gasteiger partial charge in [-0.2, -0.15) is 0 Å². The number of hydrogen-bond acceptors (Lipinski definition) is 1. The van der Waals surface area contributed by atoms with Crippen molar-refractivity contribution in [2.24, 2.45) is 22.7 Å². The van der Waals surface area contributed by atoms with E-state index in [0.717, 1.165) is 17.8 Å². The Morgan fingerprint density at radius 2 is 1.40 bits per heavy atom. The van der Waals surface area contributed by atoms with E-state index in [1.165, 1.54) is 38.5 Å². The van der Waals surface area contributed by atoms with E-state index in [-0.39, 0.29) is 0 Å². The molecular weight excluding hydrogens is 271 g/mol. The van der Waals surface area contributed by atoms with Crippen LogP contribution in [0.25, 0.3) is 0 Å². The minimum atomic E-state index is -6.00. The Morgan fingerprint density at radius 3 is 1.75 bits per heavy atom. The van der Waals surface area contributed by atoms with Gasteiger partial charge >= 0.3 is 7.25 Å². The molecule has 1 aliphatic heterocycles. The molecule has 1 N–H and O–H groups in total. The first-order chi connectivity index (χ1) is 9.34. The lowest BCUT2D eigenvalue weighted by Crippen LogP contribution is -3.16. The molecule has 1 unspecified atom stereocenters. The van der Waals surface area contributed by atoms with Crippen molar-refractivity contribution in [2.45, 2.75) is 44.1 Å². The SMILES string of the molecule is C1=C[NH+](C23CC4CC(CC(C4)C2)C3)C=N1.F[B-](F)(F)F. The average molecular weight is 290 g/mol. The summed E-state index contributed by atoms with van der Waals surface area (Å²) >= 11 is 0. The first kappa shape index (κ1) is 14.1. The van der Waals surface area contributed by atoms with E-state index >= 15 is 0 Å². The first-order valence-electron chi connectivity index (χ1n) is 7.28. The molecule has 0 amide bonds. The van der Waals surface area contributed by atoms with Crippen LogP contribution in [0.3, 0.4) is 0 Å². The molecule has 4 aliphatic carbocycles. The summed E-state index contributed by atoms with van der Waals surface area (Å²) in [7, 11) is -6.00. The Bertz CT molecular complexity index is 379. The molecule has 20 heavy (non-hydrogen) atoms. The molecule has 2 nitrogen and oxygen atoms in total. The quantitative estimate of drug-likeness (QED) is 0.565. The first-order valence-corrected chi connectivity index (χ1v) is 7.28. The van der Waals surface area contributed by atoms with Gasteiger partial charge in [0.2, 0.25) is 0 Å². The van der Waals surface area contributed by atoms with Gasteiger partial charge in [-0.05, 0) is 37.0 Å². The molecule has 1 heterocycles. The van der Waals surface area contributed by atoms with Gasteiger partial charge in [0.05, 0.1) is 6.20 Å². The normalized spacial score (nSPS) is 44.6. The summed E-state index contributed by atoms with van der Waals surface area (Å²) in [5.74, 6) is 3.14. The summed E-state index contributed by atoms with van der Waals surface area (Å²) in [4.78, 5) is 5.84. The van der Waals surface area contributed by atoms with Gasteiger partial charge in [0.25, 0.3) is 0 Å². The Morgan fingerprint density at radius 1 is 0.950 bits per heavy atom. The van der Waals surface area contributed by atoms with Gasteiger partial charge in [0, 0.05) is 19.3 Å². The van der Waals surface area contributed by atoms with Crippen LogP contribution >= 0.6 is 0 Å². The topological polar surface area (TPSA) is 16.8 Å². The molecule has 0 aromatic rings. The zero-order valence-electron chi connectivity index (χ0n) is 11.2. The van der Waals surface area contributed by atoms with Gasteiger partial charge in [-0.15, -0.1) is 0 Å². The molecule has 0 saturated heterocycles. The summed E-state index contributed by atoms with van der Waals surface area (Å²) in [5.41, 5.74) is 0.561. The van der Waals surface area contributed by atoms with Crippen LogP contribution in [-0.2, 0) is 0 Å². The van der Waals surface area contributed by atoms with Gasteiger partial charge in [-0.1, -0.05) is 0 Å². The summed E-state index contributed by atoms with van der Waals surface area (Å²) in [6.07, 6.45) is 15.4. The highest BCUT2D eigenvalue weighted by Crippen LogP contribution is 2.54. The highest BCUT2D eigenvalue weighted by molar-refractivity contribution is 6.50. The van der Waals surface area contributed by atoms with E-state index in [9.17, 15) is 17.3 Å². The lowest BCUT2D eigenvalue weighted by atomic mass is 9.52. The molecule has 0 aromatic heterocycles. The standard InChI is InChI=1S/C13H18N2.BF4/c1-2-15(9-14-1)13-6-10-3-11(7-13)5-12(4-10)8-13;2-1(3,4)5/h1-2,9-12H,3-8H2;/q;-1/p+1. The van der Waals surface area contributed by atoms with Gasteiger partial charge in [-0.25, -0.2) is 4.99 Å². The van der Waals surface area contributed by atoms with Gasteiger partial charge in [0.15, 0.2) is 6.34 Å². The van der Waals surface area contributed by atoms with E-state index in [2.05, 4.69) is 17.5 Å². The second kappa shape index (κ2) is 4.86. The summed E-state index contributed by atoms with van der Waals surface area (Å²) in [6, 6.07) is 0. The van der Waals surface area contributed by atoms with Crippen molar-refractivity contribution in [2.75, 3.05) is 0 Å². The van der Waals surface area contributed by atoms with E-state index < -0.39 is 7.25 Å². The summed E-state index contributed by atoms with van der Waals surface area (Å²) in [5, 5.41) is 0. The average Bonchev–Trinajstić information content (AvgIpc) is 2.77. The van der Waals surface area contributed by atoms with Gasteiger partial charge in [0.1, 0.15) is 11.7 Å². The lowest BCUT2D eigenvalue weighted by molar-refractivity contribution is -0.813. The van der Waals surface area contributed by atoms with Crippen LogP contribution in [0.15, 0.2) is 17.4 Å². The van der Waals surface area contributed by atoms with Crippen molar-refractivity contribution in [3.63, 3.8) is 0 Å². The van der Waals surface area contributed by atoms with Crippen molar-refractivity contribution in [1.29, 1.82) is 0 Å². The number of aliphatic imine (C=N–C) groups is 1. The van der Waals surface area contributed by atoms with Crippen molar-refractivity contribution in [3.8, 4) is 0 Å². The Hall–Kier alpha value is -0.845. The molecule has 5 aliphatic rings. The van der Waals surface area contributed by atoms with E-state index in [0.29, 0.717) is 5.54 Å². The van der Waals surface area contributed by atoms with Crippen molar-refractivity contribution in [3.05, 3.63) is 12.4 Å². The molecule has 112 valence electrons. The zero-order chi connectivity index (χ0) is 14.4. The molecule has 5 rings (SSSR count). The molecule has 0 radical (unpaired) electrons. The number of hydrogen-bond donors (Lipinski definition) is 1. The largest absolute Gasteiger partial charge is 0.673 e. The fourth-order valence-electron chi connectivity index (χ4n) is 5.07. The third kappa shape index (κ3) is 2.92. The number of quaternary nitrogens is 1. The Labute approximate surface area is 116 Å². The highest BCUT2D eigenvalue weighted by Gasteiger charge is 2.56. The Balaban J connectivity index is 0.000000213. The molecule has 0 spiro atoms. The Kier molecular flexibility index (Phi) is 3.43. The van der Waals surface area contributed by atoms with Crippen LogP contribution < -0.4 is 4.90 Å². The minimum absolute atomic E-state index is 0.561. The van der Waals surface area contributed by atoms with Crippen LogP contribution in [0.1, 0.15) is 38.5 Å². The van der Waals surface area contributed by atoms with E-state index in [1.54, 1.807) is 4.90 Å². The molecule has 0 aromatic carbocycles. The molecule has 1 atom stereocenters. The smallest absolute Gasteiger partial charge is 0.418 e. The predicted molar refractivity (Wildman–Crippen MR) is 69.7 cm³/mol. The third-order valence-electron chi connectivity index (χ3n) is 5.20. The summed E-state index contributed by atoms with van der Waals surface area (Å²) in [6.45, 7) is 0. The highest BCUT2D eigenvalue weighted by atomic mass is 19.5. The fraction of sp³-hybridized carbons (Fsp3) is 0.769. The molecule has 4 bridgehead atoms. The van der Waals surface area contributed by atoms with Crippen LogP contribution in [0, 0.1) is 17.8 Å². The van der Waals surface area contributed by atoms with Gasteiger partial charge < -0.3 is 17.3 Å². The third-order valence-corrected chi connectivity index (χ3v) is 5.20. The van der Waals surface area contributed by atoms with E-state index in [4.69, 9.17) is 0 Å². The van der Waals surface area contributed by atoms with Crippen molar-refractivity contribution >= 4 is 13.6 Å². The molecule has 7 heteroatoms. The molecule has 4 fully saturated rings. The second-order valence-corrected chi connectivity index (χ2v) is 6.74. The zero-order valence-corrected chi connectivity index (χ0v) is 11.2. The predicted octanol–water partition coefficient (Wildman–Crippen LogP) is 2.65. The lowest BCUT2D eigenvalue weighted by Gasteiger charge is -2.56. The van der Waals surface area contributed by atoms with E-state index in [1.807, 2.05) is 6.20 Å². The number of rotatable bonds is 1. The van der Waals surface area contributed by atoms with Crippen LogP contribution in [0.4, 0.5) is 17.3 Å². The maximum absolute atomic E-state index is 9.75. The van der Waals surface area contributed by atoms with Gasteiger partial charge in [-0.3, -0.25) is 4.90 Å². The monoisotopic (exact) mass is 290 g/mol.